The van der Waals surface area contributed by atoms with Gasteiger partial charge in [0, 0.05) is 10.4 Å². The van der Waals surface area contributed by atoms with Crippen molar-refractivity contribution in [2.45, 2.75) is 18.9 Å². The lowest BCUT2D eigenvalue weighted by molar-refractivity contribution is 0.0373. The van der Waals surface area contributed by atoms with Crippen molar-refractivity contribution in [3.05, 3.63) is 82.5 Å². The molecule has 0 radical (unpaired) electrons. The molecule has 1 atom stereocenters. The fourth-order valence-electron chi connectivity index (χ4n) is 3.08. The minimum absolute atomic E-state index is 0.000459. The number of rotatable bonds is 8. The number of hydrogen-bond donors (Lipinski definition) is 1. The van der Waals surface area contributed by atoms with Crippen molar-refractivity contribution in [2.75, 3.05) is 13.2 Å². The Labute approximate surface area is 176 Å². The highest BCUT2D eigenvalue weighted by Crippen LogP contribution is 2.29. The molecule has 1 N–H and O–H groups in total. The molecule has 1 aromatic heterocycles. The number of benzene rings is 2. The van der Waals surface area contributed by atoms with Gasteiger partial charge in [0.25, 0.3) is 0 Å². The Balaban J connectivity index is 1.44. The summed E-state index contributed by atoms with van der Waals surface area (Å²) in [4.78, 5) is 4.65. The Morgan fingerprint density at radius 2 is 1.83 bits per heavy atom. The van der Waals surface area contributed by atoms with Crippen molar-refractivity contribution in [1.29, 1.82) is 0 Å². The van der Waals surface area contributed by atoms with Crippen LogP contribution in [0.2, 0.25) is 5.02 Å². The second-order valence-corrected chi connectivity index (χ2v) is 7.87. The van der Waals surface area contributed by atoms with Gasteiger partial charge in [-0.1, -0.05) is 60.2 Å². The second kappa shape index (κ2) is 9.36. The molecule has 3 aromatic rings. The van der Waals surface area contributed by atoms with E-state index in [1.54, 1.807) is 0 Å². The van der Waals surface area contributed by atoms with Crippen molar-refractivity contribution in [1.82, 2.24) is 4.98 Å². The lowest BCUT2D eigenvalue weighted by Gasteiger charge is -2.10. The molecule has 1 unspecified atom stereocenters. The number of aliphatic hydroxyl groups is 1. The third-order valence-electron chi connectivity index (χ3n) is 4.96. The average Bonchev–Trinajstić information content (AvgIpc) is 3.57. The number of pyridine rings is 1. The molecule has 3 nitrogen and oxygen atoms in total. The maximum atomic E-state index is 9.49. The summed E-state index contributed by atoms with van der Waals surface area (Å²) in [7, 11) is 0. The zero-order chi connectivity index (χ0) is 20.1. The van der Waals surface area contributed by atoms with Crippen LogP contribution in [-0.2, 0) is 4.74 Å². The van der Waals surface area contributed by atoms with Gasteiger partial charge in [-0.15, -0.1) is 0 Å². The van der Waals surface area contributed by atoms with Crippen molar-refractivity contribution in [3.63, 3.8) is 0 Å². The molecule has 4 heteroatoms. The SMILES string of the molecule is OCC(/C=C/c1cccc(/C=C/c2ccc3ccc(Cl)cc3n2)c1)OCC1CC1. The van der Waals surface area contributed by atoms with E-state index in [2.05, 4.69) is 17.1 Å². The number of aromatic nitrogens is 1. The van der Waals surface area contributed by atoms with Crippen LogP contribution in [0.3, 0.4) is 0 Å². The molecule has 0 spiro atoms. The fourth-order valence-corrected chi connectivity index (χ4v) is 3.24. The summed E-state index contributed by atoms with van der Waals surface area (Å²) in [5.41, 5.74) is 3.92. The fraction of sp³-hybridized carbons (Fsp3) is 0.240. The minimum atomic E-state index is -0.247. The summed E-state index contributed by atoms with van der Waals surface area (Å²) in [5.74, 6) is 0.686. The van der Waals surface area contributed by atoms with Gasteiger partial charge < -0.3 is 9.84 Å². The van der Waals surface area contributed by atoms with Crippen LogP contribution in [0.5, 0.6) is 0 Å². The van der Waals surface area contributed by atoms with Gasteiger partial charge in [-0.2, -0.15) is 0 Å². The van der Waals surface area contributed by atoms with Crippen LogP contribution in [-0.4, -0.2) is 29.4 Å². The summed E-state index contributed by atoms with van der Waals surface area (Å²) in [6.45, 7) is 0.739. The Kier molecular flexibility index (Phi) is 6.40. The highest BCUT2D eigenvalue weighted by Gasteiger charge is 2.22. The van der Waals surface area contributed by atoms with E-state index in [4.69, 9.17) is 16.3 Å². The molecule has 1 heterocycles. The summed E-state index contributed by atoms with van der Waals surface area (Å²) in [6, 6.07) is 18.0. The third kappa shape index (κ3) is 5.77. The molecule has 4 rings (SSSR count). The summed E-state index contributed by atoms with van der Waals surface area (Å²) >= 11 is 6.07. The molecule has 148 valence electrons. The van der Waals surface area contributed by atoms with Crippen LogP contribution in [0.15, 0.2) is 60.7 Å². The minimum Gasteiger partial charge on any atom is -0.393 e. The number of hydrogen-bond acceptors (Lipinski definition) is 3. The van der Waals surface area contributed by atoms with E-state index in [-0.39, 0.29) is 12.7 Å². The molecule has 1 aliphatic carbocycles. The van der Waals surface area contributed by atoms with Crippen LogP contribution >= 0.6 is 11.6 Å². The summed E-state index contributed by atoms with van der Waals surface area (Å²) < 4.78 is 5.75. The maximum absolute atomic E-state index is 9.49. The second-order valence-electron chi connectivity index (χ2n) is 7.43. The van der Waals surface area contributed by atoms with Gasteiger partial charge in [0.05, 0.1) is 30.5 Å². The first kappa shape index (κ1) is 19.8. The lowest BCUT2D eigenvalue weighted by atomic mass is 10.1. The molecule has 2 aromatic carbocycles. The highest BCUT2D eigenvalue weighted by molar-refractivity contribution is 6.31. The number of fused-ring (bicyclic) bond motifs is 1. The van der Waals surface area contributed by atoms with Crippen molar-refractivity contribution in [3.8, 4) is 0 Å². The number of ether oxygens (including phenoxy) is 1. The third-order valence-corrected chi connectivity index (χ3v) is 5.19. The van der Waals surface area contributed by atoms with Gasteiger partial charge in [0.2, 0.25) is 0 Å². The largest absolute Gasteiger partial charge is 0.393 e. The first-order valence-electron chi connectivity index (χ1n) is 9.95. The Hall–Kier alpha value is -2.46. The maximum Gasteiger partial charge on any atom is 0.0989 e. The molecule has 0 amide bonds. The molecule has 0 bridgehead atoms. The first-order valence-corrected chi connectivity index (χ1v) is 10.3. The summed E-state index contributed by atoms with van der Waals surface area (Å²) in [6.07, 6.45) is 10.2. The zero-order valence-electron chi connectivity index (χ0n) is 16.2. The van der Waals surface area contributed by atoms with Crippen molar-refractivity contribution >= 4 is 40.7 Å². The monoisotopic (exact) mass is 405 g/mol. The number of nitrogens with zero attached hydrogens (tertiary/aromatic N) is 1. The Bertz CT molecular complexity index is 1040. The van der Waals surface area contributed by atoms with E-state index in [1.165, 1.54) is 12.8 Å². The van der Waals surface area contributed by atoms with E-state index in [0.29, 0.717) is 10.9 Å². The van der Waals surface area contributed by atoms with Gasteiger partial charge in [-0.3, -0.25) is 0 Å². The molecule has 1 aliphatic rings. The van der Waals surface area contributed by atoms with Gasteiger partial charge >= 0.3 is 0 Å². The molecule has 0 saturated heterocycles. The molecule has 1 fully saturated rings. The van der Waals surface area contributed by atoms with Gasteiger partial charge in [-0.05, 0) is 60.2 Å². The van der Waals surface area contributed by atoms with Crippen LogP contribution in [0.1, 0.15) is 29.7 Å². The van der Waals surface area contributed by atoms with E-state index in [0.717, 1.165) is 34.3 Å². The van der Waals surface area contributed by atoms with Gasteiger partial charge in [0.15, 0.2) is 0 Å². The molecule has 29 heavy (non-hydrogen) atoms. The van der Waals surface area contributed by atoms with Crippen LogP contribution in [0.4, 0.5) is 0 Å². The van der Waals surface area contributed by atoms with Crippen LogP contribution in [0, 0.1) is 5.92 Å². The predicted molar refractivity (Wildman–Crippen MR) is 121 cm³/mol. The van der Waals surface area contributed by atoms with E-state index in [1.807, 2.05) is 66.8 Å². The Morgan fingerprint density at radius 3 is 2.62 bits per heavy atom. The molecular weight excluding hydrogens is 382 g/mol. The van der Waals surface area contributed by atoms with Gasteiger partial charge in [0.1, 0.15) is 0 Å². The quantitative estimate of drug-likeness (QED) is 0.510. The summed E-state index contributed by atoms with van der Waals surface area (Å²) in [5, 5.41) is 11.3. The average molecular weight is 406 g/mol. The van der Waals surface area contributed by atoms with Crippen LogP contribution < -0.4 is 0 Å². The number of halogens is 1. The van der Waals surface area contributed by atoms with Crippen LogP contribution in [0.25, 0.3) is 29.1 Å². The molecule has 0 aliphatic heterocycles. The van der Waals surface area contributed by atoms with E-state index in [9.17, 15) is 5.11 Å². The lowest BCUT2D eigenvalue weighted by Crippen LogP contribution is -2.16. The Morgan fingerprint density at radius 1 is 1.03 bits per heavy atom. The van der Waals surface area contributed by atoms with Crippen molar-refractivity contribution < 1.29 is 9.84 Å². The molecule has 1 saturated carbocycles. The van der Waals surface area contributed by atoms with E-state index >= 15 is 0 Å². The first-order chi connectivity index (χ1) is 14.2. The smallest absolute Gasteiger partial charge is 0.0989 e. The standard InChI is InChI=1S/C25H24ClNO2/c26-22-10-8-21-9-12-23(27-25(21)15-22)11-6-18-2-1-3-19(14-18)7-13-24(16-28)29-17-20-4-5-20/h1-3,6-15,20,24,28H,4-5,16-17H2/b11-6+,13-7+. The van der Waals surface area contributed by atoms with Gasteiger partial charge in [-0.25, -0.2) is 4.98 Å². The molecular formula is C25H24ClNO2. The topological polar surface area (TPSA) is 42.4 Å². The normalized spacial score (nSPS) is 15.5. The highest BCUT2D eigenvalue weighted by atomic mass is 35.5. The predicted octanol–water partition coefficient (Wildman–Crippen LogP) is 5.86. The van der Waals surface area contributed by atoms with E-state index < -0.39 is 0 Å². The zero-order valence-corrected chi connectivity index (χ0v) is 16.9. The van der Waals surface area contributed by atoms with Crippen molar-refractivity contribution in [2.24, 2.45) is 5.92 Å². The number of aliphatic hydroxyl groups excluding tert-OH is 1.